The van der Waals surface area contributed by atoms with Gasteiger partial charge in [-0.25, -0.2) is 0 Å². The Morgan fingerprint density at radius 3 is 2.42 bits per heavy atom. The zero-order valence-electron chi connectivity index (χ0n) is 15.1. The van der Waals surface area contributed by atoms with Crippen molar-refractivity contribution in [2.45, 2.75) is 34.1 Å². The summed E-state index contributed by atoms with van der Waals surface area (Å²) >= 11 is 0. The topological polar surface area (TPSA) is 66.0 Å². The average molecular weight is 328 g/mol. The lowest BCUT2D eigenvalue weighted by atomic mass is 10.1. The second kappa shape index (κ2) is 9.05. The van der Waals surface area contributed by atoms with Gasteiger partial charge in [-0.2, -0.15) is 10.1 Å². The van der Waals surface area contributed by atoms with Crippen molar-refractivity contribution in [2.75, 3.05) is 35.2 Å². The van der Waals surface area contributed by atoms with Gasteiger partial charge in [-0.15, -0.1) is 5.10 Å². The van der Waals surface area contributed by atoms with Crippen LogP contribution in [0.3, 0.4) is 0 Å². The summed E-state index contributed by atoms with van der Waals surface area (Å²) in [7, 11) is 0. The zero-order chi connectivity index (χ0) is 17.4. The van der Waals surface area contributed by atoms with Crippen molar-refractivity contribution in [2.24, 2.45) is 5.92 Å². The van der Waals surface area contributed by atoms with E-state index in [2.05, 4.69) is 82.7 Å². The number of hydrogen-bond acceptors (Lipinski definition) is 6. The van der Waals surface area contributed by atoms with Crippen LogP contribution >= 0.6 is 0 Å². The molecule has 6 nitrogen and oxygen atoms in total. The van der Waals surface area contributed by atoms with E-state index in [0.29, 0.717) is 17.7 Å². The number of rotatable bonds is 9. The highest BCUT2D eigenvalue weighted by Crippen LogP contribution is 2.20. The molecule has 130 valence electrons. The third kappa shape index (κ3) is 5.37. The maximum atomic E-state index is 4.45. The van der Waals surface area contributed by atoms with E-state index in [0.717, 1.165) is 31.7 Å². The Kier molecular flexibility index (Phi) is 6.78. The molecule has 0 aliphatic rings. The molecule has 0 bridgehead atoms. The minimum absolute atomic E-state index is 0.556. The summed E-state index contributed by atoms with van der Waals surface area (Å²) < 4.78 is 0. The van der Waals surface area contributed by atoms with Crippen LogP contribution in [0.25, 0.3) is 0 Å². The van der Waals surface area contributed by atoms with Crippen molar-refractivity contribution >= 4 is 23.1 Å². The van der Waals surface area contributed by atoms with Gasteiger partial charge in [0.15, 0.2) is 5.82 Å². The molecule has 2 rings (SSSR count). The first-order chi connectivity index (χ1) is 11.6. The summed E-state index contributed by atoms with van der Waals surface area (Å²) in [6, 6.07) is 8.35. The average Bonchev–Trinajstić information content (AvgIpc) is 2.57. The molecule has 0 saturated carbocycles. The monoisotopic (exact) mass is 328 g/mol. The number of nitrogens with one attached hydrogen (secondary N) is 2. The Bertz CT molecular complexity index is 607. The molecule has 24 heavy (non-hydrogen) atoms. The molecule has 0 spiro atoms. The second-order valence-corrected chi connectivity index (χ2v) is 6.12. The summed E-state index contributed by atoms with van der Waals surface area (Å²) in [4.78, 5) is 6.76. The van der Waals surface area contributed by atoms with Gasteiger partial charge in [0, 0.05) is 31.0 Å². The SMILES string of the molecule is CCN(CC)c1ccc(Nc2cnnc(NCCC(C)C)n2)cc1. The van der Waals surface area contributed by atoms with Crippen LogP contribution in [-0.2, 0) is 0 Å². The maximum Gasteiger partial charge on any atom is 0.244 e. The lowest BCUT2D eigenvalue weighted by Gasteiger charge is -2.21. The first-order valence-corrected chi connectivity index (χ1v) is 8.68. The summed E-state index contributed by atoms with van der Waals surface area (Å²) in [6.07, 6.45) is 2.71. The fourth-order valence-electron chi connectivity index (χ4n) is 2.40. The molecular weight excluding hydrogens is 300 g/mol. The van der Waals surface area contributed by atoms with Crippen molar-refractivity contribution in [3.8, 4) is 0 Å². The summed E-state index contributed by atoms with van der Waals surface area (Å²) in [5.41, 5.74) is 2.21. The molecule has 2 N–H and O–H groups in total. The minimum Gasteiger partial charge on any atom is -0.372 e. The van der Waals surface area contributed by atoms with Crippen LogP contribution in [0.2, 0.25) is 0 Å². The Morgan fingerprint density at radius 2 is 1.79 bits per heavy atom. The van der Waals surface area contributed by atoms with Gasteiger partial charge in [0.25, 0.3) is 0 Å². The molecule has 1 aromatic carbocycles. The molecule has 0 saturated heterocycles. The molecule has 0 fully saturated rings. The quantitative estimate of drug-likeness (QED) is 0.727. The van der Waals surface area contributed by atoms with Crippen LogP contribution in [0.1, 0.15) is 34.1 Å². The van der Waals surface area contributed by atoms with E-state index in [4.69, 9.17) is 0 Å². The van der Waals surface area contributed by atoms with Crippen molar-refractivity contribution < 1.29 is 0 Å². The van der Waals surface area contributed by atoms with Gasteiger partial charge in [0.05, 0.1) is 6.20 Å². The Balaban J connectivity index is 1.98. The van der Waals surface area contributed by atoms with Crippen LogP contribution in [-0.4, -0.2) is 34.8 Å². The standard InChI is InChI=1S/C18H28N6/c1-5-24(6-2)16-9-7-15(8-10-16)21-17-13-20-23-18(22-17)19-12-11-14(3)4/h7-10,13-14H,5-6,11-12H2,1-4H3,(H2,19,21,22,23). The van der Waals surface area contributed by atoms with Gasteiger partial charge in [-0.05, 0) is 50.5 Å². The third-order valence-corrected chi connectivity index (χ3v) is 3.83. The molecule has 2 aromatic rings. The van der Waals surface area contributed by atoms with Gasteiger partial charge in [-0.1, -0.05) is 13.8 Å². The van der Waals surface area contributed by atoms with Crippen molar-refractivity contribution in [1.82, 2.24) is 15.2 Å². The summed E-state index contributed by atoms with van der Waals surface area (Å²) in [6.45, 7) is 11.6. The predicted molar refractivity (Wildman–Crippen MR) is 101 cm³/mol. The lowest BCUT2D eigenvalue weighted by Crippen LogP contribution is -2.21. The van der Waals surface area contributed by atoms with Crippen LogP contribution in [0, 0.1) is 5.92 Å². The minimum atomic E-state index is 0.556. The number of aromatic nitrogens is 3. The Morgan fingerprint density at radius 1 is 1.08 bits per heavy atom. The molecule has 0 aliphatic carbocycles. The van der Waals surface area contributed by atoms with Gasteiger partial charge >= 0.3 is 0 Å². The van der Waals surface area contributed by atoms with E-state index >= 15 is 0 Å². The first-order valence-electron chi connectivity index (χ1n) is 8.68. The molecule has 0 aliphatic heterocycles. The highest BCUT2D eigenvalue weighted by molar-refractivity contribution is 5.60. The molecule has 0 amide bonds. The van der Waals surface area contributed by atoms with Crippen LogP contribution < -0.4 is 15.5 Å². The highest BCUT2D eigenvalue weighted by Gasteiger charge is 2.04. The largest absolute Gasteiger partial charge is 0.372 e. The summed E-state index contributed by atoms with van der Waals surface area (Å²) in [5, 5.41) is 14.5. The Hall–Kier alpha value is -2.37. The van der Waals surface area contributed by atoms with E-state index in [1.807, 2.05) is 0 Å². The van der Waals surface area contributed by atoms with Gasteiger partial charge in [0.2, 0.25) is 5.95 Å². The van der Waals surface area contributed by atoms with Gasteiger partial charge in [-0.3, -0.25) is 0 Å². The first kappa shape index (κ1) is 18.0. The van der Waals surface area contributed by atoms with Crippen molar-refractivity contribution in [1.29, 1.82) is 0 Å². The highest BCUT2D eigenvalue weighted by atomic mass is 15.3. The van der Waals surface area contributed by atoms with E-state index < -0.39 is 0 Å². The fourth-order valence-corrected chi connectivity index (χ4v) is 2.40. The molecule has 1 aromatic heterocycles. The molecule has 1 heterocycles. The van der Waals surface area contributed by atoms with Crippen LogP contribution in [0.5, 0.6) is 0 Å². The second-order valence-electron chi connectivity index (χ2n) is 6.12. The lowest BCUT2D eigenvalue weighted by molar-refractivity contribution is 0.605. The predicted octanol–water partition coefficient (Wildman–Crippen LogP) is 3.92. The number of anilines is 4. The van der Waals surface area contributed by atoms with E-state index in [9.17, 15) is 0 Å². The maximum absolute atomic E-state index is 4.45. The van der Waals surface area contributed by atoms with E-state index in [-0.39, 0.29) is 0 Å². The van der Waals surface area contributed by atoms with Crippen LogP contribution in [0.15, 0.2) is 30.5 Å². The van der Waals surface area contributed by atoms with E-state index in [1.165, 1.54) is 5.69 Å². The Labute approximate surface area is 144 Å². The molecule has 0 radical (unpaired) electrons. The molecular formula is C18H28N6. The van der Waals surface area contributed by atoms with Crippen LogP contribution in [0.4, 0.5) is 23.1 Å². The number of benzene rings is 1. The zero-order valence-corrected chi connectivity index (χ0v) is 15.1. The molecule has 0 unspecified atom stereocenters. The number of hydrogen-bond donors (Lipinski definition) is 2. The van der Waals surface area contributed by atoms with Crippen molar-refractivity contribution in [3.05, 3.63) is 30.5 Å². The smallest absolute Gasteiger partial charge is 0.244 e. The number of nitrogens with zero attached hydrogens (tertiary/aromatic N) is 4. The van der Waals surface area contributed by atoms with Gasteiger partial charge in [0.1, 0.15) is 0 Å². The van der Waals surface area contributed by atoms with Crippen molar-refractivity contribution in [3.63, 3.8) is 0 Å². The summed E-state index contributed by atoms with van der Waals surface area (Å²) in [5.74, 6) is 1.89. The van der Waals surface area contributed by atoms with E-state index in [1.54, 1.807) is 6.20 Å². The molecule has 6 heteroatoms. The fraction of sp³-hybridized carbons (Fsp3) is 0.500. The molecule has 0 atom stereocenters. The normalized spacial score (nSPS) is 10.7. The van der Waals surface area contributed by atoms with Gasteiger partial charge < -0.3 is 15.5 Å². The third-order valence-electron chi connectivity index (χ3n) is 3.83.